The number of carbonyl (C=O) groups is 6. The molecule has 0 aliphatic rings. The van der Waals surface area contributed by atoms with Crippen LogP contribution in [0, 0.1) is 0 Å². The Morgan fingerprint density at radius 2 is 0.556 bits per heavy atom. The fraction of sp³-hybridized carbons (Fsp3) is 0.143. The molecule has 278 valence electrons. The molecule has 0 unspecified atom stereocenters. The van der Waals surface area contributed by atoms with Crippen molar-refractivity contribution in [3.63, 3.8) is 0 Å². The Bertz CT molecular complexity index is 2040. The minimum Gasteiger partial charge on any atom is -0.423 e. The molecule has 0 radical (unpaired) electrons. The third-order valence-corrected chi connectivity index (χ3v) is 6.90. The Balaban J connectivity index is 2.42. The second kappa shape index (κ2) is 17.4. The van der Waals surface area contributed by atoms with E-state index in [1.807, 2.05) is 0 Å². The van der Waals surface area contributed by atoms with Crippen LogP contribution in [0.3, 0.4) is 0 Å². The maximum Gasteiger partial charge on any atom is 0.338 e. The van der Waals surface area contributed by atoms with Crippen molar-refractivity contribution in [1.29, 1.82) is 0 Å². The van der Waals surface area contributed by atoms with Gasteiger partial charge in [0.1, 0.15) is 11.5 Å². The van der Waals surface area contributed by atoms with Gasteiger partial charge in [-0.2, -0.15) is 0 Å². The van der Waals surface area contributed by atoms with Crippen molar-refractivity contribution in [3.05, 3.63) is 121 Å². The van der Waals surface area contributed by atoms with Crippen molar-refractivity contribution >= 4 is 35.8 Å². The maximum atomic E-state index is 13.0. The highest BCUT2D eigenvalue weighted by atomic mass is 16.6. The summed E-state index contributed by atoms with van der Waals surface area (Å²) in [5.41, 5.74) is 1.03. The van der Waals surface area contributed by atoms with E-state index in [1.54, 1.807) is 0 Å². The summed E-state index contributed by atoms with van der Waals surface area (Å²) in [6, 6.07) is 11.0. The van der Waals surface area contributed by atoms with Gasteiger partial charge in [0.05, 0.1) is 0 Å². The predicted octanol–water partition coefficient (Wildman–Crippen LogP) is 7.91. The van der Waals surface area contributed by atoms with Gasteiger partial charge in [0, 0.05) is 44.6 Å². The summed E-state index contributed by atoms with van der Waals surface area (Å²) in [5.74, 6) is -5.81. The van der Waals surface area contributed by atoms with Crippen LogP contribution in [-0.4, -0.2) is 35.8 Å². The van der Waals surface area contributed by atoms with E-state index in [1.165, 1.54) is 90.1 Å². The quantitative estimate of drug-likeness (QED) is 0.0897. The van der Waals surface area contributed by atoms with Crippen LogP contribution < -0.4 is 28.4 Å². The van der Waals surface area contributed by atoms with Crippen LogP contribution in [0.2, 0.25) is 0 Å². The van der Waals surface area contributed by atoms with Gasteiger partial charge in [-0.3, -0.25) is 0 Å². The lowest BCUT2D eigenvalue weighted by atomic mass is 9.97. The molecule has 12 nitrogen and oxygen atoms in total. The molecule has 0 aliphatic heterocycles. The third-order valence-electron chi connectivity index (χ3n) is 6.90. The summed E-state index contributed by atoms with van der Waals surface area (Å²) in [4.78, 5) is 76.0. The molecule has 0 aromatic heterocycles. The fourth-order valence-electron chi connectivity index (χ4n) is 3.98. The molecule has 3 aromatic carbocycles. The second-order valence-corrected chi connectivity index (χ2v) is 12.2. The van der Waals surface area contributed by atoms with E-state index in [4.69, 9.17) is 28.4 Å². The van der Waals surface area contributed by atoms with Gasteiger partial charge < -0.3 is 28.4 Å². The molecule has 0 atom stereocenters. The molecule has 0 heterocycles. The van der Waals surface area contributed by atoms with Crippen molar-refractivity contribution in [2.24, 2.45) is 0 Å². The van der Waals surface area contributed by atoms with Crippen LogP contribution >= 0.6 is 0 Å². The first kappa shape index (κ1) is 41.3. The van der Waals surface area contributed by atoms with Crippen LogP contribution in [0.1, 0.15) is 41.5 Å². The van der Waals surface area contributed by atoms with E-state index in [2.05, 4.69) is 39.5 Å². The number of hydrogen-bond acceptors (Lipinski definition) is 12. The summed E-state index contributed by atoms with van der Waals surface area (Å²) in [6.07, 6.45) is 0. The van der Waals surface area contributed by atoms with Crippen LogP contribution in [0.4, 0.5) is 0 Å². The average molecular weight is 735 g/mol. The van der Waals surface area contributed by atoms with Gasteiger partial charge in [-0.05, 0) is 89.1 Å². The first-order valence-corrected chi connectivity index (χ1v) is 15.9. The number of rotatable bonds is 14. The van der Waals surface area contributed by atoms with Gasteiger partial charge in [0.2, 0.25) is 0 Å². The molecule has 12 heteroatoms. The first-order chi connectivity index (χ1) is 25.2. The zero-order valence-corrected chi connectivity index (χ0v) is 30.8. The number of hydrogen-bond donors (Lipinski definition) is 0. The number of carbonyl (C=O) groups excluding carboxylic acids is 6. The Kier molecular flexibility index (Phi) is 13.3. The van der Waals surface area contributed by atoms with E-state index in [-0.39, 0.29) is 90.2 Å². The van der Waals surface area contributed by atoms with Crippen molar-refractivity contribution in [1.82, 2.24) is 0 Å². The number of ether oxygens (including phenoxy) is 6. The Morgan fingerprint density at radius 3 is 0.796 bits per heavy atom. The minimum atomic E-state index is -0.833. The first-order valence-electron chi connectivity index (χ1n) is 15.9. The molecular weight excluding hydrogens is 696 g/mol. The molecule has 0 saturated carbocycles. The molecule has 0 spiro atoms. The Hall–Kier alpha value is -7.08. The standard InChI is InChI=1S/C42H38O12/c1-21(2)37(43)49-31-15-13-27(17-35(31)53-41(47)25(9)10)29-19-34(52-40(46)24(7)8)30(20-33(29)51-39(45)23(5)6)28-14-16-32(50-38(44)22(3)4)36(18-28)54-42(48)26(11)12/h13-20H,1,3,5,7,9,11H2,2,4,6,8,10,12H3. The van der Waals surface area contributed by atoms with Crippen LogP contribution in [-0.2, 0) is 28.8 Å². The number of benzene rings is 3. The van der Waals surface area contributed by atoms with Gasteiger partial charge in [0.25, 0.3) is 0 Å². The largest absolute Gasteiger partial charge is 0.423 e. The molecular formula is C42H38O12. The second-order valence-electron chi connectivity index (χ2n) is 12.2. The van der Waals surface area contributed by atoms with Crippen molar-refractivity contribution < 1.29 is 57.2 Å². The molecule has 0 saturated heterocycles. The van der Waals surface area contributed by atoms with Gasteiger partial charge in [0.15, 0.2) is 23.0 Å². The predicted molar refractivity (Wildman–Crippen MR) is 200 cm³/mol. The highest BCUT2D eigenvalue weighted by Gasteiger charge is 2.24. The summed E-state index contributed by atoms with van der Waals surface area (Å²) in [7, 11) is 0. The topological polar surface area (TPSA) is 158 Å². The maximum absolute atomic E-state index is 13.0. The monoisotopic (exact) mass is 734 g/mol. The Morgan fingerprint density at radius 1 is 0.333 bits per heavy atom. The van der Waals surface area contributed by atoms with E-state index in [0.29, 0.717) is 0 Å². The van der Waals surface area contributed by atoms with Crippen molar-refractivity contribution in [3.8, 4) is 56.8 Å². The van der Waals surface area contributed by atoms with Gasteiger partial charge >= 0.3 is 35.8 Å². The lowest BCUT2D eigenvalue weighted by Crippen LogP contribution is -2.13. The summed E-state index contributed by atoms with van der Waals surface area (Å²) >= 11 is 0. The molecule has 3 aromatic rings. The normalized spacial score (nSPS) is 10.2. The highest BCUT2D eigenvalue weighted by Crippen LogP contribution is 2.45. The average Bonchev–Trinajstić information content (AvgIpc) is 3.09. The van der Waals surface area contributed by atoms with E-state index >= 15 is 0 Å². The Labute approximate surface area is 312 Å². The lowest BCUT2D eigenvalue weighted by molar-refractivity contribution is -0.132. The van der Waals surface area contributed by atoms with Gasteiger partial charge in [-0.25, -0.2) is 28.8 Å². The molecule has 0 amide bonds. The molecule has 54 heavy (non-hydrogen) atoms. The number of esters is 6. The molecule has 0 N–H and O–H groups in total. The third kappa shape index (κ3) is 10.5. The van der Waals surface area contributed by atoms with Gasteiger partial charge in [-0.15, -0.1) is 0 Å². The SMILES string of the molecule is C=C(C)C(=O)Oc1ccc(-c2cc(OC(=O)C(=C)C)c(-c3ccc(OC(=O)C(=C)C)c(OC(=O)C(=C)C)c3)cc2OC(=O)C(=C)C)cc1OC(=O)C(=C)C. The van der Waals surface area contributed by atoms with E-state index in [0.717, 1.165) is 0 Å². The summed E-state index contributed by atoms with van der Waals surface area (Å²) in [5, 5.41) is 0. The molecule has 0 fully saturated rings. The van der Waals surface area contributed by atoms with Crippen molar-refractivity contribution in [2.45, 2.75) is 41.5 Å². The van der Waals surface area contributed by atoms with E-state index < -0.39 is 35.8 Å². The summed E-state index contributed by atoms with van der Waals surface area (Å²) < 4.78 is 33.3. The highest BCUT2D eigenvalue weighted by molar-refractivity contribution is 5.96. The molecule has 3 rings (SSSR count). The van der Waals surface area contributed by atoms with Crippen LogP contribution in [0.25, 0.3) is 22.3 Å². The van der Waals surface area contributed by atoms with E-state index in [9.17, 15) is 28.8 Å². The molecule has 0 aliphatic carbocycles. The van der Waals surface area contributed by atoms with Crippen molar-refractivity contribution in [2.75, 3.05) is 0 Å². The van der Waals surface area contributed by atoms with Crippen LogP contribution in [0.15, 0.2) is 121 Å². The smallest absolute Gasteiger partial charge is 0.338 e. The minimum absolute atomic E-state index is 0.0380. The summed E-state index contributed by atoms with van der Waals surface area (Å²) in [6.45, 7) is 30.2. The fourth-order valence-corrected chi connectivity index (χ4v) is 3.98. The lowest BCUT2D eigenvalue weighted by Gasteiger charge is -2.19. The zero-order chi connectivity index (χ0) is 40.6. The molecule has 0 bridgehead atoms. The van der Waals surface area contributed by atoms with Crippen LogP contribution in [0.5, 0.6) is 34.5 Å². The van der Waals surface area contributed by atoms with Gasteiger partial charge in [-0.1, -0.05) is 51.6 Å². The zero-order valence-electron chi connectivity index (χ0n) is 30.8.